The smallest absolute Gasteiger partial charge is 0.00702 e. The van der Waals surface area contributed by atoms with Gasteiger partial charge in [0.25, 0.3) is 0 Å². The van der Waals surface area contributed by atoms with Crippen LogP contribution in [0.3, 0.4) is 0 Å². The van der Waals surface area contributed by atoms with Crippen LogP contribution < -0.4 is 5.32 Å². The third-order valence-corrected chi connectivity index (χ3v) is 3.96. The fourth-order valence-electron chi connectivity index (χ4n) is 2.68. The molecule has 0 saturated carbocycles. The SMILES string of the molecule is CCCCCCCC(CCc1ccccc1)NCCC. The predicted molar refractivity (Wildman–Crippen MR) is 90.2 cm³/mol. The van der Waals surface area contributed by atoms with Crippen molar-refractivity contribution in [2.45, 2.75) is 77.7 Å². The lowest BCUT2D eigenvalue weighted by atomic mass is 9.99. The molecule has 0 fully saturated rings. The maximum atomic E-state index is 3.73. The molecular formula is C19H33N. The summed E-state index contributed by atoms with van der Waals surface area (Å²) in [6, 6.07) is 11.6. The van der Waals surface area contributed by atoms with Crippen molar-refractivity contribution in [2.75, 3.05) is 6.54 Å². The molecule has 0 bridgehead atoms. The summed E-state index contributed by atoms with van der Waals surface area (Å²) >= 11 is 0. The molecule has 0 radical (unpaired) electrons. The highest BCUT2D eigenvalue weighted by Crippen LogP contribution is 2.12. The summed E-state index contributed by atoms with van der Waals surface area (Å²) in [7, 11) is 0. The Labute approximate surface area is 126 Å². The van der Waals surface area contributed by atoms with Crippen molar-refractivity contribution in [1.82, 2.24) is 5.32 Å². The van der Waals surface area contributed by atoms with Crippen LogP contribution in [0.5, 0.6) is 0 Å². The van der Waals surface area contributed by atoms with Crippen molar-refractivity contribution in [3.05, 3.63) is 35.9 Å². The van der Waals surface area contributed by atoms with E-state index in [-0.39, 0.29) is 0 Å². The summed E-state index contributed by atoms with van der Waals surface area (Å²) in [4.78, 5) is 0. The van der Waals surface area contributed by atoms with E-state index in [1.54, 1.807) is 0 Å². The Morgan fingerprint density at radius 1 is 0.850 bits per heavy atom. The van der Waals surface area contributed by atoms with Crippen LogP contribution in [0.15, 0.2) is 30.3 Å². The minimum absolute atomic E-state index is 0.705. The van der Waals surface area contributed by atoms with Gasteiger partial charge in [-0.25, -0.2) is 0 Å². The molecule has 114 valence electrons. The minimum Gasteiger partial charge on any atom is -0.314 e. The monoisotopic (exact) mass is 275 g/mol. The summed E-state index contributed by atoms with van der Waals surface area (Å²) in [5.41, 5.74) is 1.47. The molecule has 1 N–H and O–H groups in total. The number of unbranched alkanes of at least 4 members (excludes halogenated alkanes) is 4. The standard InChI is InChI=1S/C19H33N/c1-3-5-6-7-11-14-19(20-17-4-2)16-15-18-12-9-8-10-13-18/h8-10,12-13,19-20H,3-7,11,14-17H2,1-2H3. The van der Waals surface area contributed by atoms with Crippen LogP contribution in [-0.2, 0) is 6.42 Å². The zero-order valence-corrected chi connectivity index (χ0v) is 13.5. The van der Waals surface area contributed by atoms with Crippen molar-refractivity contribution in [3.8, 4) is 0 Å². The van der Waals surface area contributed by atoms with Gasteiger partial charge < -0.3 is 5.32 Å². The molecule has 0 aromatic heterocycles. The first kappa shape index (κ1) is 17.2. The van der Waals surface area contributed by atoms with Crippen LogP contribution in [0.2, 0.25) is 0 Å². The Hall–Kier alpha value is -0.820. The first-order valence-corrected chi connectivity index (χ1v) is 8.64. The van der Waals surface area contributed by atoms with Crippen LogP contribution in [0.25, 0.3) is 0 Å². The molecule has 0 aliphatic rings. The van der Waals surface area contributed by atoms with Crippen LogP contribution in [-0.4, -0.2) is 12.6 Å². The Bertz CT molecular complexity index is 307. The quantitative estimate of drug-likeness (QED) is 0.507. The van der Waals surface area contributed by atoms with Crippen LogP contribution in [0, 0.1) is 0 Å². The number of benzene rings is 1. The van der Waals surface area contributed by atoms with Gasteiger partial charge in [0.15, 0.2) is 0 Å². The number of nitrogens with one attached hydrogen (secondary N) is 1. The third kappa shape index (κ3) is 8.37. The zero-order chi connectivity index (χ0) is 14.5. The van der Waals surface area contributed by atoms with E-state index in [2.05, 4.69) is 49.5 Å². The van der Waals surface area contributed by atoms with E-state index < -0.39 is 0 Å². The van der Waals surface area contributed by atoms with Crippen molar-refractivity contribution >= 4 is 0 Å². The topological polar surface area (TPSA) is 12.0 Å². The van der Waals surface area contributed by atoms with E-state index >= 15 is 0 Å². The van der Waals surface area contributed by atoms with Crippen LogP contribution in [0.4, 0.5) is 0 Å². The molecular weight excluding hydrogens is 242 g/mol. The highest BCUT2D eigenvalue weighted by atomic mass is 14.9. The van der Waals surface area contributed by atoms with Gasteiger partial charge in [-0.3, -0.25) is 0 Å². The second kappa shape index (κ2) is 12.0. The molecule has 0 amide bonds. The second-order valence-corrected chi connectivity index (χ2v) is 5.88. The average molecular weight is 275 g/mol. The van der Waals surface area contributed by atoms with Gasteiger partial charge in [-0.15, -0.1) is 0 Å². The lowest BCUT2D eigenvalue weighted by Gasteiger charge is -2.18. The van der Waals surface area contributed by atoms with Gasteiger partial charge >= 0.3 is 0 Å². The zero-order valence-electron chi connectivity index (χ0n) is 13.5. The molecule has 1 atom stereocenters. The van der Waals surface area contributed by atoms with Gasteiger partial charge in [0.05, 0.1) is 0 Å². The van der Waals surface area contributed by atoms with E-state index in [4.69, 9.17) is 0 Å². The molecule has 1 unspecified atom stereocenters. The van der Waals surface area contributed by atoms with E-state index in [0.717, 1.165) is 6.54 Å². The molecule has 1 aromatic carbocycles. The first-order chi connectivity index (χ1) is 9.86. The molecule has 0 aliphatic heterocycles. The van der Waals surface area contributed by atoms with Crippen molar-refractivity contribution in [2.24, 2.45) is 0 Å². The summed E-state index contributed by atoms with van der Waals surface area (Å²) in [6.07, 6.45) is 12.0. The molecule has 0 aliphatic carbocycles. The molecule has 0 spiro atoms. The lowest BCUT2D eigenvalue weighted by molar-refractivity contribution is 0.431. The maximum Gasteiger partial charge on any atom is 0.00702 e. The summed E-state index contributed by atoms with van der Waals surface area (Å²) in [5.74, 6) is 0. The largest absolute Gasteiger partial charge is 0.314 e. The second-order valence-electron chi connectivity index (χ2n) is 5.88. The first-order valence-electron chi connectivity index (χ1n) is 8.64. The number of hydrogen-bond acceptors (Lipinski definition) is 1. The fraction of sp³-hybridized carbons (Fsp3) is 0.684. The normalized spacial score (nSPS) is 12.5. The van der Waals surface area contributed by atoms with Crippen LogP contribution in [0.1, 0.15) is 70.8 Å². The Morgan fingerprint density at radius 3 is 2.30 bits per heavy atom. The van der Waals surface area contributed by atoms with Crippen molar-refractivity contribution in [1.29, 1.82) is 0 Å². The van der Waals surface area contributed by atoms with E-state index in [9.17, 15) is 0 Å². The number of aryl methyl sites for hydroxylation is 1. The predicted octanol–water partition coefficient (Wildman–Crippen LogP) is 5.35. The van der Waals surface area contributed by atoms with Gasteiger partial charge in [0.2, 0.25) is 0 Å². The van der Waals surface area contributed by atoms with Crippen molar-refractivity contribution in [3.63, 3.8) is 0 Å². The fourth-order valence-corrected chi connectivity index (χ4v) is 2.68. The Morgan fingerprint density at radius 2 is 1.60 bits per heavy atom. The van der Waals surface area contributed by atoms with Gasteiger partial charge in [-0.05, 0) is 37.8 Å². The van der Waals surface area contributed by atoms with E-state index in [1.165, 1.54) is 63.4 Å². The minimum atomic E-state index is 0.705. The molecule has 1 nitrogen and oxygen atoms in total. The highest BCUT2D eigenvalue weighted by molar-refractivity contribution is 5.14. The number of hydrogen-bond donors (Lipinski definition) is 1. The molecule has 1 heteroatoms. The molecule has 1 rings (SSSR count). The Kier molecular flexibility index (Phi) is 10.3. The average Bonchev–Trinajstić information content (AvgIpc) is 2.50. The maximum absolute atomic E-state index is 3.73. The van der Waals surface area contributed by atoms with Gasteiger partial charge in [0.1, 0.15) is 0 Å². The van der Waals surface area contributed by atoms with Gasteiger partial charge in [-0.1, -0.05) is 76.3 Å². The summed E-state index contributed by atoms with van der Waals surface area (Å²) in [5, 5.41) is 3.73. The van der Waals surface area contributed by atoms with Gasteiger partial charge in [-0.2, -0.15) is 0 Å². The van der Waals surface area contributed by atoms with Crippen LogP contribution >= 0.6 is 0 Å². The molecule has 20 heavy (non-hydrogen) atoms. The molecule has 0 saturated heterocycles. The summed E-state index contributed by atoms with van der Waals surface area (Å²) < 4.78 is 0. The Balaban J connectivity index is 2.24. The third-order valence-electron chi connectivity index (χ3n) is 3.96. The van der Waals surface area contributed by atoms with Crippen molar-refractivity contribution < 1.29 is 0 Å². The molecule has 1 aromatic rings. The summed E-state index contributed by atoms with van der Waals surface area (Å²) in [6.45, 7) is 5.70. The molecule has 0 heterocycles. The highest BCUT2D eigenvalue weighted by Gasteiger charge is 2.07. The van der Waals surface area contributed by atoms with E-state index in [0.29, 0.717) is 6.04 Å². The lowest BCUT2D eigenvalue weighted by Crippen LogP contribution is -2.30. The number of rotatable bonds is 12. The van der Waals surface area contributed by atoms with Gasteiger partial charge in [0, 0.05) is 6.04 Å². The van der Waals surface area contributed by atoms with E-state index in [1.807, 2.05) is 0 Å².